The zero-order chi connectivity index (χ0) is 11.5. The van der Waals surface area contributed by atoms with E-state index in [4.69, 9.17) is 0 Å². The van der Waals surface area contributed by atoms with E-state index >= 15 is 0 Å². The first kappa shape index (κ1) is 11.1. The first-order valence-electron chi connectivity index (χ1n) is 4.98. The highest BCUT2D eigenvalue weighted by Gasteiger charge is 2.02. The summed E-state index contributed by atoms with van der Waals surface area (Å²) in [6, 6.07) is 2.00. The van der Waals surface area contributed by atoms with E-state index in [-0.39, 0.29) is 0 Å². The number of nitrogens with zero attached hydrogens (tertiary/aromatic N) is 3. The lowest BCUT2D eigenvalue weighted by molar-refractivity contribution is 0.756. The molecule has 0 aliphatic carbocycles. The SMILES string of the molecule is Cc1nn(C)cc1CNc1cncc(Br)c1. The lowest BCUT2D eigenvalue weighted by atomic mass is 10.2. The van der Waals surface area contributed by atoms with Crippen molar-refractivity contribution in [3.63, 3.8) is 0 Å². The van der Waals surface area contributed by atoms with Gasteiger partial charge in [0.2, 0.25) is 0 Å². The molecule has 0 aliphatic rings. The summed E-state index contributed by atoms with van der Waals surface area (Å²) in [7, 11) is 1.93. The van der Waals surface area contributed by atoms with Crippen LogP contribution in [0.2, 0.25) is 0 Å². The molecule has 2 aromatic rings. The van der Waals surface area contributed by atoms with Crippen molar-refractivity contribution in [2.24, 2.45) is 7.05 Å². The van der Waals surface area contributed by atoms with Crippen LogP contribution in [0.3, 0.4) is 0 Å². The summed E-state index contributed by atoms with van der Waals surface area (Å²) < 4.78 is 2.80. The van der Waals surface area contributed by atoms with Gasteiger partial charge in [-0.1, -0.05) is 0 Å². The Hall–Kier alpha value is -1.36. The third kappa shape index (κ3) is 2.61. The fourth-order valence-electron chi connectivity index (χ4n) is 1.53. The molecule has 16 heavy (non-hydrogen) atoms. The molecular weight excluding hydrogens is 268 g/mol. The fourth-order valence-corrected chi connectivity index (χ4v) is 1.89. The van der Waals surface area contributed by atoms with E-state index in [1.807, 2.05) is 30.9 Å². The first-order valence-corrected chi connectivity index (χ1v) is 5.78. The molecule has 2 heterocycles. The van der Waals surface area contributed by atoms with Crippen LogP contribution in [0.4, 0.5) is 5.69 Å². The van der Waals surface area contributed by atoms with E-state index in [0.717, 1.165) is 22.4 Å². The molecule has 0 fully saturated rings. The van der Waals surface area contributed by atoms with E-state index in [2.05, 4.69) is 31.3 Å². The number of anilines is 1. The van der Waals surface area contributed by atoms with Crippen LogP contribution in [0.15, 0.2) is 29.1 Å². The summed E-state index contributed by atoms with van der Waals surface area (Å²) in [5, 5.41) is 7.60. The molecule has 2 aromatic heterocycles. The van der Waals surface area contributed by atoms with Gasteiger partial charge in [0.1, 0.15) is 0 Å². The van der Waals surface area contributed by atoms with Gasteiger partial charge >= 0.3 is 0 Å². The van der Waals surface area contributed by atoms with E-state index in [9.17, 15) is 0 Å². The Balaban J connectivity index is 2.05. The van der Waals surface area contributed by atoms with Crippen LogP contribution in [0, 0.1) is 6.92 Å². The maximum Gasteiger partial charge on any atom is 0.0643 e. The number of aryl methyl sites for hydroxylation is 2. The molecule has 84 valence electrons. The van der Waals surface area contributed by atoms with Gasteiger partial charge in [0, 0.05) is 36.0 Å². The first-order chi connectivity index (χ1) is 7.65. The van der Waals surface area contributed by atoms with E-state index in [0.29, 0.717) is 0 Å². The number of halogens is 1. The molecule has 0 unspecified atom stereocenters. The second-order valence-corrected chi connectivity index (χ2v) is 4.57. The predicted molar refractivity (Wildman–Crippen MR) is 67.2 cm³/mol. The predicted octanol–water partition coefficient (Wildman–Crippen LogP) is 2.50. The Bertz CT molecular complexity index is 492. The van der Waals surface area contributed by atoms with Gasteiger partial charge in [0.05, 0.1) is 17.6 Å². The van der Waals surface area contributed by atoms with E-state index in [1.54, 1.807) is 12.4 Å². The molecule has 0 atom stereocenters. The van der Waals surface area contributed by atoms with Crippen molar-refractivity contribution in [3.05, 3.63) is 40.4 Å². The Morgan fingerprint density at radius 2 is 2.25 bits per heavy atom. The minimum Gasteiger partial charge on any atom is -0.380 e. The van der Waals surface area contributed by atoms with Crippen LogP contribution in [-0.4, -0.2) is 14.8 Å². The molecule has 0 saturated carbocycles. The van der Waals surface area contributed by atoms with Crippen LogP contribution in [0.1, 0.15) is 11.3 Å². The van der Waals surface area contributed by atoms with Crippen LogP contribution in [-0.2, 0) is 13.6 Å². The smallest absolute Gasteiger partial charge is 0.0643 e. The zero-order valence-corrected chi connectivity index (χ0v) is 10.8. The molecule has 0 radical (unpaired) electrons. The fraction of sp³-hybridized carbons (Fsp3) is 0.273. The standard InChI is InChI=1S/C11H13BrN4/c1-8-9(7-16(2)15-8)4-14-11-3-10(12)5-13-6-11/h3,5-7,14H,4H2,1-2H3. The molecule has 0 amide bonds. The molecule has 2 rings (SSSR count). The second-order valence-electron chi connectivity index (χ2n) is 3.66. The van der Waals surface area contributed by atoms with Crippen LogP contribution in [0.25, 0.3) is 0 Å². The van der Waals surface area contributed by atoms with Gasteiger partial charge in [0.15, 0.2) is 0 Å². The summed E-state index contributed by atoms with van der Waals surface area (Å²) in [5.74, 6) is 0. The number of pyridine rings is 1. The van der Waals surface area contributed by atoms with Gasteiger partial charge < -0.3 is 5.32 Å². The molecule has 0 aromatic carbocycles. The summed E-state index contributed by atoms with van der Waals surface area (Å²) in [6.07, 6.45) is 5.59. The molecule has 0 spiro atoms. The molecule has 5 heteroatoms. The van der Waals surface area contributed by atoms with Crippen molar-refractivity contribution in [2.45, 2.75) is 13.5 Å². The molecule has 4 nitrogen and oxygen atoms in total. The topological polar surface area (TPSA) is 42.7 Å². The maximum absolute atomic E-state index is 4.29. The quantitative estimate of drug-likeness (QED) is 0.940. The van der Waals surface area contributed by atoms with Crippen molar-refractivity contribution >= 4 is 21.6 Å². The Kier molecular flexibility index (Phi) is 3.24. The minimum atomic E-state index is 0.762. The van der Waals surface area contributed by atoms with Crippen molar-refractivity contribution in [1.82, 2.24) is 14.8 Å². The average molecular weight is 281 g/mol. The Morgan fingerprint density at radius 3 is 2.88 bits per heavy atom. The Morgan fingerprint density at radius 1 is 1.44 bits per heavy atom. The number of hydrogen-bond donors (Lipinski definition) is 1. The summed E-state index contributed by atoms with van der Waals surface area (Å²) in [6.45, 7) is 2.77. The van der Waals surface area contributed by atoms with Gasteiger partial charge in [-0.3, -0.25) is 9.67 Å². The molecule has 1 N–H and O–H groups in total. The lowest BCUT2D eigenvalue weighted by Gasteiger charge is -2.04. The highest BCUT2D eigenvalue weighted by molar-refractivity contribution is 9.10. The molecule has 0 bridgehead atoms. The van der Waals surface area contributed by atoms with Crippen molar-refractivity contribution < 1.29 is 0 Å². The van der Waals surface area contributed by atoms with E-state index < -0.39 is 0 Å². The summed E-state index contributed by atoms with van der Waals surface area (Å²) >= 11 is 3.39. The molecule has 0 aliphatic heterocycles. The largest absolute Gasteiger partial charge is 0.380 e. The van der Waals surface area contributed by atoms with Gasteiger partial charge in [-0.2, -0.15) is 5.10 Å². The zero-order valence-electron chi connectivity index (χ0n) is 9.24. The van der Waals surface area contributed by atoms with Crippen molar-refractivity contribution in [3.8, 4) is 0 Å². The van der Waals surface area contributed by atoms with Crippen LogP contribution >= 0.6 is 15.9 Å². The monoisotopic (exact) mass is 280 g/mol. The van der Waals surface area contributed by atoms with Gasteiger partial charge in [-0.15, -0.1) is 0 Å². The van der Waals surface area contributed by atoms with Gasteiger partial charge in [0.25, 0.3) is 0 Å². The summed E-state index contributed by atoms with van der Waals surface area (Å²) in [5.41, 5.74) is 3.25. The lowest BCUT2D eigenvalue weighted by Crippen LogP contribution is -2.00. The van der Waals surface area contributed by atoms with Crippen LogP contribution in [0.5, 0.6) is 0 Å². The Labute approximate surface area is 103 Å². The number of aromatic nitrogens is 3. The van der Waals surface area contributed by atoms with Crippen molar-refractivity contribution in [2.75, 3.05) is 5.32 Å². The third-order valence-electron chi connectivity index (χ3n) is 2.30. The van der Waals surface area contributed by atoms with Crippen LogP contribution < -0.4 is 5.32 Å². The highest BCUT2D eigenvalue weighted by Crippen LogP contribution is 2.15. The van der Waals surface area contributed by atoms with Gasteiger partial charge in [-0.25, -0.2) is 0 Å². The van der Waals surface area contributed by atoms with Crippen molar-refractivity contribution in [1.29, 1.82) is 0 Å². The van der Waals surface area contributed by atoms with Gasteiger partial charge in [-0.05, 0) is 28.9 Å². The normalized spacial score (nSPS) is 10.4. The molecular formula is C11H13BrN4. The number of hydrogen-bond acceptors (Lipinski definition) is 3. The van der Waals surface area contributed by atoms with E-state index in [1.165, 1.54) is 5.56 Å². The number of nitrogens with one attached hydrogen (secondary N) is 1. The average Bonchev–Trinajstić information content (AvgIpc) is 2.54. The maximum atomic E-state index is 4.29. The molecule has 0 saturated heterocycles. The number of rotatable bonds is 3. The minimum absolute atomic E-state index is 0.762. The summed E-state index contributed by atoms with van der Waals surface area (Å²) in [4.78, 5) is 4.09. The highest BCUT2D eigenvalue weighted by atomic mass is 79.9. The third-order valence-corrected chi connectivity index (χ3v) is 2.74. The second kappa shape index (κ2) is 4.65.